The summed E-state index contributed by atoms with van der Waals surface area (Å²) < 4.78 is 7.28. The van der Waals surface area contributed by atoms with Gasteiger partial charge in [0.05, 0.1) is 12.3 Å². The van der Waals surface area contributed by atoms with Gasteiger partial charge >= 0.3 is 0 Å². The summed E-state index contributed by atoms with van der Waals surface area (Å²) in [5.41, 5.74) is 1.23. The first-order valence-electron chi connectivity index (χ1n) is 7.59. The van der Waals surface area contributed by atoms with Crippen LogP contribution in [-0.2, 0) is 11.3 Å². The Kier molecular flexibility index (Phi) is 6.02. The number of nitrogens with one attached hydrogen (secondary N) is 1. The van der Waals surface area contributed by atoms with Gasteiger partial charge in [0.1, 0.15) is 0 Å². The fraction of sp³-hybridized carbons (Fsp3) is 0.667. The van der Waals surface area contributed by atoms with Crippen molar-refractivity contribution in [3.63, 3.8) is 0 Å². The summed E-state index contributed by atoms with van der Waals surface area (Å²) in [6.45, 7) is 6.85. The Morgan fingerprint density at radius 3 is 2.86 bits per heavy atom. The average molecular weight is 310 g/mol. The minimum atomic E-state index is 0.535. The number of imidazole rings is 1. The van der Waals surface area contributed by atoms with Crippen molar-refractivity contribution < 1.29 is 4.74 Å². The van der Waals surface area contributed by atoms with Gasteiger partial charge in [0.2, 0.25) is 0 Å². The first-order chi connectivity index (χ1) is 10.2. The Balaban J connectivity index is 2.22. The highest BCUT2D eigenvalue weighted by Gasteiger charge is 2.20. The molecule has 0 aliphatic rings. The number of anilines is 1. The van der Waals surface area contributed by atoms with Crippen LogP contribution in [0.2, 0.25) is 0 Å². The zero-order valence-electron chi connectivity index (χ0n) is 13.4. The molecular weight excluding hydrogens is 284 g/mol. The maximum atomic E-state index is 5.09. The Hall–Kier alpha value is -1.11. The largest absolute Gasteiger partial charge is 0.383 e. The van der Waals surface area contributed by atoms with Crippen LogP contribution in [0.5, 0.6) is 0 Å². The summed E-state index contributed by atoms with van der Waals surface area (Å²) in [5.74, 6) is 1.10. The van der Waals surface area contributed by atoms with Crippen LogP contribution >= 0.6 is 11.3 Å². The second kappa shape index (κ2) is 7.77. The van der Waals surface area contributed by atoms with Crippen LogP contribution < -0.4 is 10.2 Å². The van der Waals surface area contributed by atoms with E-state index < -0.39 is 0 Å². The number of ether oxygens (including phenoxy) is 1. The quantitative estimate of drug-likeness (QED) is 0.723. The molecule has 0 unspecified atom stereocenters. The summed E-state index contributed by atoms with van der Waals surface area (Å²) in [7, 11) is 3.88. The third-order valence-electron chi connectivity index (χ3n) is 3.94. The molecule has 118 valence electrons. The molecule has 5 nitrogen and oxygen atoms in total. The van der Waals surface area contributed by atoms with Gasteiger partial charge in [-0.05, 0) is 12.8 Å². The van der Waals surface area contributed by atoms with Crippen molar-refractivity contribution >= 4 is 22.1 Å². The van der Waals surface area contributed by atoms with E-state index in [9.17, 15) is 0 Å². The predicted octanol–water partition coefficient (Wildman–Crippen LogP) is 2.76. The van der Waals surface area contributed by atoms with Gasteiger partial charge in [-0.25, -0.2) is 4.98 Å². The number of rotatable bonds is 9. The average Bonchev–Trinajstić information content (AvgIpc) is 3.06. The van der Waals surface area contributed by atoms with Crippen LogP contribution in [0.15, 0.2) is 11.6 Å². The van der Waals surface area contributed by atoms with E-state index in [1.54, 1.807) is 18.4 Å². The molecule has 0 aliphatic carbocycles. The van der Waals surface area contributed by atoms with E-state index >= 15 is 0 Å². The molecule has 0 amide bonds. The lowest BCUT2D eigenvalue weighted by molar-refractivity contribution is 0.199. The van der Waals surface area contributed by atoms with Crippen molar-refractivity contribution in [1.82, 2.24) is 14.7 Å². The van der Waals surface area contributed by atoms with Crippen LogP contribution in [-0.4, -0.2) is 42.7 Å². The number of aromatic nitrogens is 2. The van der Waals surface area contributed by atoms with Crippen molar-refractivity contribution in [2.75, 3.05) is 32.2 Å². The molecule has 21 heavy (non-hydrogen) atoms. The molecule has 2 aromatic rings. The highest BCUT2D eigenvalue weighted by atomic mass is 32.1. The molecule has 2 aromatic heterocycles. The smallest absolute Gasteiger partial charge is 0.195 e. The number of nitrogens with zero attached hydrogens (tertiary/aromatic N) is 3. The maximum Gasteiger partial charge on any atom is 0.195 e. The Morgan fingerprint density at radius 2 is 2.19 bits per heavy atom. The van der Waals surface area contributed by atoms with Gasteiger partial charge < -0.3 is 15.0 Å². The summed E-state index contributed by atoms with van der Waals surface area (Å²) in [5, 5.41) is 5.52. The van der Waals surface area contributed by atoms with Crippen LogP contribution in [0.3, 0.4) is 0 Å². The molecule has 2 rings (SSSR count). The van der Waals surface area contributed by atoms with E-state index in [0.717, 1.165) is 43.3 Å². The first kappa shape index (κ1) is 16.3. The number of methoxy groups -OCH3 is 1. The lowest BCUT2D eigenvalue weighted by Crippen LogP contribution is -2.32. The highest BCUT2D eigenvalue weighted by molar-refractivity contribution is 7.15. The molecule has 1 N–H and O–H groups in total. The zero-order valence-corrected chi connectivity index (χ0v) is 14.2. The lowest BCUT2D eigenvalue weighted by atomic mass is 10.1. The Morgan fingerprint density at radius 1 is 1.43 bits per heavy atom. The van der Waals surface area contributed by atoms with Gasteiger partial charge in [-0.3, -0.25) is 4.40 Å². The molecule has 0 aliphatic heterocycles. The third-order valence-corrected chi connectivity index (χ3v) is 4.70. The monoisotopic (exact) mass is 310 g/mol. The van der Waals surface area contributed by atoms with E-state index in [4.69, 9.17) is 9.72 Å². The Bertz CT molecular complexity index is 547. The van der Waals surface area contributed by atoms with Crippen LogP contribution in [0.1, 0.15) is 32.4 Å². The number of hydrogen-bond donors (Lipinski definition) is 1. The zero-order chi connectivity index (χ0) is 15.2. The molecule has 0 saturated carbocycles. The molecule has 0 atom stereocenters. The van der Waals surface area contributed by atoms with E-state index in [1.165, 1.54) is 5.69 Å². The van der Waals surface area contributed by atoms with Gasteiger partial charge in [0.25, 0.3) is 0 Å². The van der Waals surface area contributed by atoms with E-state index in [2.05, 4.69) is 47.1 Å². The van der Waals surface area contributed by atoms with Crippen molar-refractivity contribution in [1.29, 1.82) is 0 Å². The summed E-state index contributed by atoms with van der Waals surface area (Å²) in [6, 6.07) is 0.535. The van der Waals surface area contributed by atoms with E-state index in [-0.39, 0.29) is 0 Å². The minimum Gasteiger partial charge on any atom is -0.383 e. The molecule has 0 fully saturated rings. The van der Waals surface area contributed by atoms with Crippen molar-refractivity contribution in [2.24, 2.45) is 0 Å². The third kappa shape index (κ3) is 3.56. The number of thiazole rings is 1. The summed E-state index contributed by atoms with van der Waals surface area (Å²) in [4.78, 5) is 8.21. The van der Waals surface area contributed by atoms with Crippen LogP contribution in [0, 0.1) is 0 Å². The summed E-state index contributed by atoms with van der Waals surface area (Å²) >= 11 is 1.68. The molecule has 0 saturated heterocycles. The maximum absolute atomic E-state index is 5.09. The topological polar surface area (TPSA) is 41.8 Å². The molecule has 6 heteroatoms. The normalized spacial score (nSPS) is 11.7. The standard InChI is InChI=1S/C15H26N4OS/c1-5-12(6-2)18(3)14-13(11-16-7-9-20-4)19-8-10-21-15(19)17-14/h8,10,12,16H,5-7,9,11H2,1-4H3. The van der Waals surface area contributed by atoms with Gasteiger partial charge in [0.15, 0.2) is 10.8 Å². The number of fused-ring (bicyclic) bond motifs is 1. The first-order valence-corrected chi connectivity index (χ1v) is 8.47. The molecule has 0 spiro atoms. The van der Waals surface area contributed by atoms with Gasteiger partial charge in [-0.15, -0.1) is 11.3 Å². The molecule has 0 radical (unpaired) electrons. The van der Waals surface area contributed by atoms with Crippen molar-refractivity contribution in [3.8, 4) is 0 Å². The SMILES string of the molecule is CCC(CC)N(C)c1nc2sccn2c1CNCCOC. The molecule has 2 heterocycles. The van der Waals surface area contributed by atoms with Crippen LogP contribution in [0.25, 0.3) is 4.96 Å². The second-order valence-corrected chi connectivity index (χ2v) is 6.06. The highest BCUT2D eigenvalue weighted by Crippen LogP contribution is 2.26. The van der Waals surface area contributed by atoms with Gasteiger partial charge in [0, 0.05) is 44.9 Å². The lowest BCUT2D eigenvalue weighted by Gasteiger charge is -2.27. The van der Waals surface area contributed by atoms with Gasteiger partial charge in [-0.2, -0.15) is 0 Å². The number of hydrogen-bond acceptors (Lipinski definition) is 5. The second-order valence-electron chi connectivity index (χ2n) is 5.19. The van der Waals surface area contributed by atoms with Gasteiger partial charge in [-0.1, -0.05) is 13.8 Å². The van der Waals surface area contributed by atoms with E-state index in [0.29, 0.717) is 6.04 Å². The summed E-state index contributed by atoms with van der Waals surface area (Å²) in [6.07, 6.45) is 4.37. The fourth-order valence-electron chi connectivity index (χ4n) is 2.66. The van der Waals surface area contributed by atoms with E-state index in [1.807, 2.05) is 0 Å². The minimum absolute atomic E-state index is 0.535. The molecular formula is C15H26N4OS. The molecule has 0 bridgehead atoms. The molecule has 0 aromatic carbocycles. The predicted molar refractivity (Wildman–Crippen MR) is 89.4 cm³/mol. The van der Waals surface area contributed by atoms with Crippen molar-refractivity contribution in [3.05, 3.63) is 17.3 Å². The fourth-order valence-corrected chi connectivity index (χ4v) is 3.39. The Labute approximate surface area is 130 Å². The van der Waals surface area contributed by atoms with Crippen LogP contribution in [0.4, 0.5) is 5.82 Å². The van der Waals surface area contributed by atoms with Crippen molar-refractivity contribution in [2.45, 2.75) is 39.3 Å².